The fourth-order valence-electron chi connectivity index (χ4n) is 2.53. The molecule has 0 saturated carbocycles. The van der Waals surface area contributed by atoms with Crippen LogP contribution >= 0.6 is 0 Å². The van der Waals surface area contributed by atoms with Gasteiger partial charge < -0.3 is 15.3 Å². The maximum atomic E-state index is 13.8. The van der Waals surface area contributed by atoms with E-state index in [0.717, 1.165) is 6.07 Å². The van der Waals surface area contributed by atoms with E-state index >= 15 is 0 Å². The first-order valence-corrected chi connectivity index (χ1v) is 7.33. The van der Waals surface area contributed by atoms with E-state index in [1.165, 1.54) is 18.7 Å². The van der Waals surface area contributed by atoms with Gasteiger partial charge in [0.1, 0.15) is 23.1 Å². The minimum Gasteiger partial charge on any atom is -0.358 e. The minimum absolute atomic E-state index is 0.0684. The van der Waals surface area contributed by atoms with Gasteiger partial charge in [0.25, 0.3) is 5.56 Å². The van der Waals surface area contributed by atoms with Gasteiger partial charge in [0.2, 0.25) is 0 Å². The first-order valence-electron chi connectivity index (χ1n) is 7.33. The van der Waals surface area contributed by atoms with Crippen molar-refractivity contribution < 1.29 is 8.78 Å². The van der Waals surface area contributed by atoms with Gasteiger partial charge in [0.15, 0.2) is 23.1 Å². The van der Waals surface area contributed by atoms with E-state index < -0.39 is 28.6 Å². The molecule has 3 aromatic heterocycles. The van der Waals surface area contributed by atoms with Crippen LogP contribution in [0.4, 0.5) is 14.6 Å². The van der Waals surface area contributed by atoms with E-state index in [2.05, 4.69) is 35.2 Å². The summed E-state index contributed by atoms with van der Waals surface area (Å²) < 4.78 is 27.1. The van der Waals surface area contributed by atoms with E-state index in [1.54, 1.807) is 6.92 Å². The van der Waals surface area contributed by atoms with Gasteiger partial charge in [-0.05, 0) is 19.1 Å². The lowest BCUT2D eigenvalue weighted by atomic mass is 10.2. The highest BCUT2D eigenvalue weighted by Crippen LogP contribution is 2.21. The van der Waals surface area contributed by atoms with Crippen LogP contribution in [0.5, 0.6) is 0 Å². The van der Waals surface area contributed by atoms with Gasteiger partial charge in [0, 0.05) is 0 Å². The molecule has 0 amide bonds. The zero-order valence-corrected chi connectivity index (χ0v) is 12.8. The summed E-state index contributed by atoms with van der Waals surface area (Å²) in [7, 11) is 0. The molecule has 10 heteroatoms. The first-order chi connectivity index (χ1) is 12.0. The average molecular weight is 343 g/mol. The maximum Gasteiger partial charge on any atom is 0.261 e. The highest BCUT2D eigenvalue weighted by molar-refractivity contribution is 5.82. The molecule has 1 atom stereocenters. The molecular formula is C15H11F2N7O. The smallest absolute Gasteiger partial charge is 0.261 e. The van der Waals surface area contributed by atoms with E-state index in [1.807, 2.05) is 0 Å². The van der Waals surface area contributed by atoms with Crippen LogP contribution in [0.15, 0.2) is 29.6 Å². The number of hydrogen-bond acceptors (Lipinski definition) is 6. The molecule has 0 aliphatic carbocycles. The molecule has 0 fully saturated rings. The first kappa shape index (κ1) is 15.1. The van der Waals surface area contributed by atoms with Crippen LogP contribution in [0, 0.1) is 11.6 Å². The second-order valence-electron chi connectivity index (χ2n) is 5.39. The van der Waals surface area contributed by atoms with Crippen molar-refractivity contribution in [2.75, 3.05) is 5.32 Å². The third-order valence-corrected chi connectivity index (χ3v) is 3.76. The molecule has 0 aliphatic heterocycles. The molecule has 0 aliphatic rings. The number of hydrogen-bond donors (Lipinski definition) is 3. The Balaban J connectivity index is 1.75. The molecule has 0 saturated heterocycles. The molecule has 1 unspecified atom stereocenters. The van der Waals surface area contributed by atoms with E-state index in [-0.39, 0.29) is 11.3 Å². The van der Waals surface area contributed by atoms with Crippen LogP contribution in [0.3, 0.4) is 0 Å². The number of aromatic nitrogens is 6. The van der Waals surface area contributed by atoms with Gasteiger partial charge in [-0.2, -0.15) is 0 Å². The number of halogens is 2. The maximum absolute atomic E-state index is 13.8. The zero-order chi connectivity index (χ0) is 17.6. The number of fused-ring (bicyclic) bond motifs is 2. The van der Waals surface area contributed by atoms with Gasteiger partial charge in [-0.3, -0.25) is 4.79 Å². The van der Waals surface area contributed by atoms with Crippen molar-refractivity contribution in [3.8, 4) is 0 Å². The molecule has 3 heterocycles. The summed E-state index contributed by atoms with van der Waals surface area (Å²) >= 11 is 0. The Morgan fingerprint density at radius 3 is 2.88 bits per heavy atom. The number of benzene rings is 1. The third kappa shape index (κ3) is 2.47. The summed E-state index contributed by atoms with van der Waals surface area (Å²) in [5.74, 6) is -1.61. The molecule has 8 nitrogen and oxygen atoms in total. The summed E-state index contributed by atoms with van der Waals surface area (Å²) in [6.07, 6.45) is 2.85. The number of nitrogens with zero attached hydrogens (tertiary/aromatic N) is 4. The lowest BCUT2D eigenvalue weighted by Crippen LogP contribution is -2.19. The van der Waals surface area contributed by atoms with E-state index in [9.17, 15) is 13.6 Å². The molecular weight excluding hydrogens is 332 g/mol. The molecule has 126 valence electrons. The Labute approximate surface area is 138 Å². The number of rotatable bonds is 3. The van der Waals surface area contributed by atoms with Crippen molar-refractivity contribution in [3.05, 3.63) is 52.6 Å². The molecule has 4 aromatic rings. The van der Waals surface area contributed by atoms with Crippen LogP contribution in [-0.2, 0) is 0 Å². The number of nitrogens with one attached hydrogen (secondary N) is 3. The number of anilines is 1. The van der Waals surface area contributed by atoms with Crippen molar-refractivity contribution in [2.24, 2.45) is 0 Å². The number of imidazole rings is 1. The quantitative estimate of drug-likeness (QED) is 0.525. The molecule has 0 radical (unpaired) electrons. The fourth-order valence-corrected chi connectivity index (χ4v) is 2.53. The summed E-state index contributed by atoms with van der Waals surface area (Å²) in [6.45, 7) is 1.74. The molecule has 25 heavy (non-hydrogen) atoms. The Hall–Kier alpha value is -3.43. The van der Waals surface area contributed by atoms with Gasteiger partial charge in [-0.1, -0.05) is 0 Å². The Bertz CT molecular complexity index is 1150. The van der Waals surface area contributed by atoms with Gasteiger partial charge in [-0.25, -0.2) is 28.7 Å². The van der Waals surface area contributed by atoms with Crippen LogP contribution < -0.4 is 10.9 Å². The molecule has 4 rings (SSSR count). The molecule has 3 N–H and O–H groups in total. The Kier molecular flexibility index (Phi) is 3.38. The standard InChI is InChI=1S/C15H11F2N7O/c1-6(22-14-11-13(19-4-18-11)20-5-21-14)12-23-8-3-2-7(16)10(17)9(8)15(25)24-12/h2-6H,1H3,(H,23,24,25)(H2,18,19,20,21,22). The van der Waals surface area contributed by atoms with Gasteiger partial charge >= 0.3 is 0 Å². The van der Waals surface area contributed by atoms with Crippen LogP contribution in [0.25, 0.3) is 22.1 Å². The number of aromatic amines is 2. The second-order valence-corrected chi connectivity index (χ2v) is 5.39. The van der Waals surface area contributed by atoms with Crippen molar-refractivity contribution in [1.82, 2.24) is 29.9 Å². The number of H-pyrrole nitrogens is 2. The molecule has 0 bridgehead atoms. The lowest BCUT2D eigenvalue weighted by Gasteiger charge is -2.14. The fraction of sp³-hybridized carbons (Fsp3) is 0.133. The summed E-state index contributed by atoms with van der Waals surface area (Å²) in [5, 5.41) is 2.66. The van der Waals surface area contributed by atoms with Crippen LogP contribution in [0.1, 0.15) is 18.8 Å². The highest BCUT2D eigenvalue weighted by Gasteiger charge is 2.17. The molecule has 1 aromatic carbocycles. The van der Waals surface area contributed by atoms with E-state index in [4.69, 9.17) is 0 Å². The predicted octanol–water partition coefficient (Wildman–Crippen LogP) is 2.04. The lowest BCUT2D eigenvalue weighted by molar-refractivity contribution is 0.516. The molecule has 0 spiro atoms. The minimum atomic E-state index is -1.22. The normalized spacial score (nSPS) is 12.6. The van der Waals surface area contributed by atoms with Gasteiger partial charge in [0.05, 0.1) is 17.9 Å². The topological polar surface area (TPSA) is 112 Å². The Morgan fingerprint density at radius 2 is 2.04 bits per heavy atom. The van der Waals surface area contributed by atoms with Crippen molar-refractivity contribution in [2.45, 2.75) is 13.0 Å². The summed E-state index contributed by atoms with van der Waals surface area (Å²) in [6, 6.07) is 1.72. The van der Waals surface area contributed by atoms with Crippen molar-refractivity contribution >= 4 is 27.9 Å². The van der Waals surface area contributed by atoms with Crippen LogP contribution in [0.2, 0.25) is 0 Å². The van der Waals surface area contributed by atoms with Gasteiger partial charge in [-0.15, -0.1) is 0 Å². The summed E-state index contributed by atoms with van der Waals surface area (Å²) in [5.41, 5.74) is 0.407. The van der Waals surface area contributed by atoms with E-state index in [0.29, 0.717) is 17.0 Å². The van der Waals surface area contributed by atoms with Crippen LogP contribution in [-0.4, -0.2) is 29.9 Å². The zero-order valence-electron chi connectivity index (χ0n) is 12.8. The van der Waals surface area contributed by atoms with Crippen molar-refractivity contribution in [3.63, 3.8) is 0 Å². The SMILES string of the molecule is CC(Nc1ncnc2[nH]cnc12)c1nc2ccc(F)c(F)c2c(=O)[nH]1. The predicted molar refractivity (Wildman–Crippen MR) is 86.0 cm³/mol. The Morgan fingerprint density at radius 1 is 1.20 bits per heavy atom. The monoisotopic (exact) mass is 343 g/mol. The summed E-state index contributed by atoms with van der Waals surface area (Å²) in [4.78, 5) is 34.0. The highest BCUT2D eigenvalue weighted by atomic mass is 19.2. The second kappa shape index (κ2) is 5.58. The average Bonchev–Trinajstić information content (AvgIpc) is 3.07. The third-order valence-electron chi connectivity index (χ3n) is 3.76. The van der Waals surface area contributed by atoms with Crippen molar-refractivity contribution in [1.29, 1.82) is 0 Å². The largest absolute Gasteiger partial charge is 0.358 e.